The zero-order valence-electron chi connectivity index (χ0n) is 11.6. The number of fused-ring (bicyclic) bond motifs is 1. The van der Waals surface area contributed by atoms with Gasteiger partial charge in [-0.1, -0.05) is 12.1 Å². The summed E-state index contributed by atoms with van der Waals surface area (Å²) in [5, 5.41) is 7.42. The Balaban J connectivity index is 1.47. The average Bonchev–Trinajstić information content (AvgIpc) is 3.33. The van der Waals surface area contributed by atoms with Gasteiger partial charge in [0.15, 0.2) is 0 Å². The first-order valence-electron chi connectivity index (χ1n) is 8.00. The number of rotatable bonds is 5. The van der Waals surface area contributed by atoms with Crippen molar-refractivity contribution >= 4 is 5.69 Å². The average molecular weight is 256 g/mol. The molecule has 19 heavy (non-hydrogen) atoms. The van der Waals surface area contributed by atoms with E-state index in [9.17, 15) is 0 Å². The molecule has 1 aromatic carbocycles. The first-order valence-corrected chi connectivity index (χ1v) is 8.00. The molecule has 102 valence electrons. The van der Waals surface area contributed by atoms with E-state index in [0.717, 1.165) is 31.0 Å². The smallest absolute Gasteiger partial charge is 0.0375 e. The summed E-state index contributed by atoms with van der Waals surface area (Å²) in [6, 6.07) is 7.57. The quantitative estimate of drug-likeness (QED) is 0.844. The van der Waals surface area contributed by atoms with Gasteiger partial charge in [-0.05, 0) is 67.6 Å². The van der Waals surface area contributed by atoms with Gasteiger partial charge in [-0.25, -0.2) is 0 Å². The van der Waals surface area contributed by atoms with E-state index in [2.05, 4.69) is 28.8 Å². The van der Waals surface area contributed by atoms with Crippen LogP contribution in [-0.2, 0) is 13.0 Å². The summed E-state index contributed by atoms with van der Waals surface area (Å²) in [4.78, 5) is 0. The molecule has 1 aromatic rings. The van der Waals surface area contributed by atoms with Crippen LogP contribution in [0.4, 0.5) is 5.69 Å². The Hall–Kier alpha value is -1.02. The molecular weight excluding hydrogens is 232 g/mol. The molecule has 1 aliphatic heterocycles. The summed E-state index contributed by atoms with van der Waals surface area (Å²) in [5.41, 5.74) is 4.46. The maximum Gasteiger partial charge on any atom is 0.0375 e. The number of hydrogen-bond acceptors (Lipinski definition) is 2. The van der Waals surface area contributed by atoms with Crippen LogP contribution in [-0.4, -0.2) is 12.6 Å². The molecule has 3 aliphatic rings. The second-order valence-electron chi connectivity index (χ2n) is 6.56. The summed E-state index contributed by atoms with van der Waals surface area (Å²) in [6.45, 7) is 2.21. The molecule has 0 radical (unpaired) electrons. The zero-order valence-corrected chi connectivity index (χ0v) is 11.6. The fraction of sp³-hybridized carbons (Fsp3) is 0.647. The number of nitrogens with one attached hydrogen (secondary N) is 2. The largest absolute Gasteiger partial charge is 0.385 e. The topological polar surface area (TPSA) is 24.1 Å². The molecule has 2 heteroatoms. The Kier molecular flexibility index (Phi) is 2.99. The molecule has 0 saturated heterocycles. The molecule has 2 aliphatic carbocycles. The van der Waals surface area contributed by atoms with Gasteiger partial charge in [-0.15, -0.1) is 0 Å². The standard InChI is InChI=1S/C17H24N2/c1-3-14(15-4-2-10-18-16(15)5-1)11-19-17(12-6-7-12)13-8-9-13/h1,3,5,12-13,17-19H,2,4,6-11H2. The lowest BCUT2D eigenvalue weighted by Crippen LogP contribution is -2.33. The van der Waals surface area contributed by atoms with Crippen LogP contribution in [0.25, 0.3) is 0 Å². The first-order chi connectivity index (χ1) is 9.42. The van der Waals surface area contributed by atoms with Gasteiger partial charge in [0, 0.05) is 24.8 Å². The van der Waals surface area contributed by atoms with Crippen LogP contribution in [0.15, 0.2) is 18.2 Å². The molecule has 1 heterocycles. The van der Waals surface area contributed by atoms with Crippen molar-refractivity contribution in [2.75, 3.05) is 11.9 Å². The summed E-state index contributed by atoms with van der Waals surface area (Å²) in [6.07, 6.45) is 8.37. The lowest BCUT2D eigenvalue weighted by atomic mass is 9.97. The summed E-state index contributed by atoms with van der Waals surface area (Å²) >= 11 is 0. The van der Waals surface area contributed by atoms with Crippen LogP contribution in [0.2, 0.25) is 0 Å². The highest BCUT2D eigenvalue weighted by molar-refractivity contribution is 5.56. The molecule has 0 amide bonds. The molecular formula is C17H24N2. The summed E-state index contributed by atoms with van der Waals surface area (Å²) in [7, 11) is 0. The van der Waals surface area contributed by atoms with Crippen molar-refractivity contribution in [1.82, 2.24) is 5.32 Å². The van der Waals surface area contributed by atoms with Gasteiger partial charge in [0.1, 0.15) is 0 Å². The van der Waals surface area contributed by atoms with E-state index < -0.39 is 0 Å². The fourth-order valence-electron chi connectivity index (χ4n) is 3.61. The number of anilines is 1. The molecule has 0 unspecified atom stereocenters. The third-order valence-corrected chi connectivity index (χ3v) is 4.98. The molecule has 2 nitrogen and oxygen atoms in total. The van der Waals surface area contributed by atoms with Crippen LogP contribution >= 0.6 is 0 Å². The minimum atomic E-state index is 0.812. The van der Waals surface area contributed by atoms with Gasteiger partial charge in [-0.3, -0.25) is 0 Å². The minimum Gasteiger partial charge on any atom is -0.385 e. The molecule has 0 bridgehead atoms. The van der Waals surface area contributed by atoms with E-state index in [0.29, 0.717) is 0 Å². The summed E-state index contributed by atoms with van der Waals surface area (Å²) < 4.78 is 0. The van der Waals surface area contributed by atoms with Gasteiger partial charge in [0.25, 0.3) is 0 Å². The third-order valence-electron chi connectivity index (χ3n) is 4.98. The lowest BCUT2D eigenvalue weighted by Gasteiger charge is -2.23. The molecule has 0 atom stereocenters. The summed E-state index contributed by atoms with van der Waals surface area (Å²) in [5.74, 6) is 1.98. The normalized spacial score (nSPS) is 22.2. The maximum absolute atomic E-state index is 3.88. The van der Waals surface area contributed by atoms with E-state index in [1.807, 2.05) is 0 Å². The van der Waals surface area contributed by atoms with Crippen LogP contribution in [0.5, 0.6) is 0 Å². The van der Waals surface area contributed by atoms with Gasteiger partial charge in [0.2, 0.25) is 0 Å². The van der Waals surface area contributed by atoms with Gasteiger partial charge in [0.05, 0.1) is 0 Å². The Morgan fingerprint density at radius 3 is 2.68 bits per heavy atom. The lowest BCUT2D eigenvalue weighted by molar-refractivity contribution is 0.415. The Morgan fingerprint density at radius 2 is 1.95 bits per heavy atom. The van der Waals surface area contributed by atoms with Crippen molar-refractivity contribution in [1.29, 1.82) is 0 Å². The molecule has 2 saturated carbocycles. The van der Waals surface area contributed by atoms with E-state index in [1.165, 1.54) is 49.8 Å². The van der Waals surface area contributed by atoms with Crippen LogP contribution in [0.3, 0.4) is 0 Å². The predicted molar refractivity (Wildman–Crippen MR) is 79.3 cm³/mol. The van der Waals surface area contributed by atoms with E-state index >= 15 is 0 Å². The van der Waals surface area contributed by atoms with Crippen LogP contribution in [0, 0.1) is 11.8 Å². The highest BCUT2D eigenvalue weighted by Crippen LogP contribution is 2.44. The SMILES string of the molecule is c1cc(CNC(C2CC2)C2CC2)c2c(c1)NCCC2. The molecule has 4 rings (SSSR count). The van der Waals surface area contributed by atoms with Gasteiger partial charge < -0.3 is 10.6 Å². The highest BCUT2D eigenvalue weighted by atomic mass is 14.9. The van der Waals surface area contributed by atoms with Crippen molar-refractivity contribution < 1.29 is 0 Å². The second-order valence-corrected chi connectivity index (χ2v) is 6.56. The van der Waals surface area contributed by atoms with Crippen molar-refractivity contribution in [3.05, 3.63) is 29.3 Å². The van der Waals surface area contributed by atoms with Crippen molar-refractivity contribution in [2.45, 2.75) is 51.1 Å². The predicted octanol–water partition coefficient (Wildman–Crippen LogP) is 3.32. The zero-order chi connectivity index (χ0) is 12.7. The van der Waals surface area contributed by atoms with E-state index in [-0.39, 0.29) is 0 Å². The minimum absolute atomic E-state index is 0.812. The highest BCUT2D eigenvalue weighted by Gasteiger charge is 2.41. The van der Waals surface area contributed by atoms with Crippen molar-refractivity contribution in [2.24, 2.45) is 11.8 Å². The van der Waals surface area contributed by atoms with Crippen LogP contribution < -0.4 is 10.6 Å². The molecule has 2 fully saturated rings. The Morgan fingerprint density at radius 1 is 1.16 bits per heavy atom. The third kappa shape index (κ3) is 2.51. The van der Waals surface area contributed by atoms with E-state index in [1.54, 1.807) is 5.56 Å². The second kappa shape index (κ2) is 4.82. The fourth-order valence-corrected chi connectivity index (χ4v) is 3.61. The van der Waals surface area contributed by atoms with Crippen LogP contribution in [0.1, 0.15) is 43.2 Å². The van der Waals surface area contributed by atoms with Gasteiger partial charge in [-0.2, -0.15) is 0 Å². The molecule has 2 N–H and O–H groups in total. The number of hydrogen-bond donors (Lipinski definition) is 2. The monoisotopic (exact) mass is 256 g/mol. The Bertz CT molecular complexity index is 448. The van der Waals surface area contributed by atoms with Gasteiger partial charge >= 0.3 is 0 Å². The number of benzene rings is 1. The molecule has 0 aromatic heterocycles. The first kappa shape index (κ1) is 11.8. The Labute approximate surface area is 116 Å². The molecule has 0 spiro atoms. The van der Waals surface area contributed by atoms with E-state index in [4.69, 9.17) is 0 Å². The van der Waals surface area contributed by atoms with Crippen molar-refractivity contribution in [3.8, 4) is 0 Å². The van der Waals surface area contributed by atoms with Crippen molar-refractivity contribution in [3.63, 3.8) is 0 Å². The maximum atomic E-state index is 3.88.